The predicted molar refractivity (Wildman–Crippen MR) is 75.6 cm³/mol. The van der Waals surface area contributed by atoms with Crippen molar-refractivity contribution in [3.8, 4) is 0 Å². The summed E-state index contributed by atoms with van der Waals surface area (Å²) < 4.78 is 57.3. The Balaban J connectivity index is 2.18. The van der Waals surface area contributed by atoms with Gasteiger partial charge in [0.05, 0.1) is 21.9 Å². The SMILES string of the molecule is O=S(=O)(c1cc(F)cc(F)c1)c1ccccc1C1=NCCO1. The Morgan fingerprint density at radius 2 is 1.73 bits per heavy atom. The molecule has 114 valence electrons. The van der Waals surface area contributed by atoms with Crippen LogP contribution in [-0.2, 0) is 14.6 Å². The first-order valence-corrected chi connectivity index (χ1v) is 7.94. The van der Waals surface area contributed by atoms with Gasteiger partial charge in [0.1, 0.15) is 18.2 Å². The number of hydrogen-bond donors (Lipinski definition) is 0. The molecule has 1 aliphatic heterocycles. The zero-order valence-corrected chi connectivity index (χ0v) is 12.1. The van der Waals surface area contributed by atoms with E-state index in [9.17, 15) is 17.2 Å². The average molecular weight is 323 g/mol. The highest BCUT2D eigenvalue weighted by molar-refractivity contribution is 7.91. The molecule has 0 bridgehead atoms. The lowest BCUT2D eigenvalue weighted by molar-refractivity contribution is 0.347. The van der Waals surface area contributed by atoms with E-state index in [0.717, 1.165) is 12.1 Å². The van der Waals surface area contributed by atoms with Gasteiger partial charge in [0, 0.05) is 6.07 Å². The summed E-state index contributed by atoms with van der Waals surface area (Å²) in [5, 5.41) is 0. The van der Waals surface area contributed by atoms with Crippen LogP contribution < -0.4 is 0 Å². The van der Waals surface area contributed by atoms with Gasteiger partial charge >= 0.3 is 0 Å². The zero-order valence-electron chi connectivity index (χ0n) is 11.3. The van der Waals surface area contributed by atoms with Crippen LogP contribution >= 0.6 is 0 Å². The molecule has 4 nitrogen and oxygen atoms in total. The van der Waals surface area contributed by atoms with E-state index in [0.29, 0.717) is 19.2 Å². The van der Waals surface area contributed by atoms with Gasteiger partial charge in [-0.15, -0.1) is 0 Å². The number of halogens is 2. The molecule has 0 radical (unpaired) electrons. The third kappa shape index (κ3) is 2.59. The maximum absolute atomic E-state index is 13.3. The van der Waals surface area contributed by atoms with Crippen LogP contribution in [0.3, 0.4) is 0 Å². The summed E-state index contributed by atoms with van der Waals surface area (Å²) in [6, 6.07) is 8.27. The lowest BCUT2D eigenvalue weighted by Gasteiger charge is -2.10. The summed E-state index contributed by atoms with van der Waals surface area (Å²) in [7, 11) is -4.09. The van der Waals surface area contributed by atoms with Gasteiger partial charge in [-0.05, 0) is 24.3 Å². The molecule has 7 heteroatoms. The second-order valence-electron chi connectivity index (χ2n) is 4.64. The minimum Gasteiger partial charge on any atom is -0.475 e. The third-order valence-corrected chi connectivity index (χ3v) is 4.93. The molecular weight excluding hydrogens is 312 g/mol. The second kappa shape index (κ2) is 5.49. The normalized spacial score (nSPS) is 14.5. The summed E-state index contributed by atoms with van der Waals surface area (Å²) >= 11 is 0. The molecule has 0 unspecified atom stereocenters. The van der Waals surface area contributed by atoms with E-state index >= 15 is 0 Å². The number of nitrogens with zero attached hydrogens (tertiary/aromatic N) is 1. The molecule has 0 saturated heterocycles. The Labute approximate surface area is 126 Å². The lowest BCUT2D eigenvalue weighted by Crippen LogP contribution is -2.11. The van der Waals surface area contributed by atoms with E-state index in [1.165, 1.54) is 12.1 Å². The first-order valence-electron chi connectivity index (χ1n) is 6.46. The van der Waals surface area contributed by atoms with Gasteiger partial charge in [0.15, 0.2) is 0 Å². The van der Waals surface area contributed by atoms with Crippen molar-refractivity contribution in [2.75, 3.05) is 13.2 Å². The van der Waals surface area contributed by atoms with Crippen LogP contribution in [0.2, 0.25) is 0 Å². The van der Waals surface area contributed by atoms with Crippen molar-refractivity contribution >= 4 is 15.7 Å². The molecule has 2 aromatic rings. The smallest absolute Gasteiger partial charge is 0.217 e. The predicted octanol–water partition coefficient (Wildman–Crippen LogP) is 2.57. The van der Waals surface area contributed by atoms with Gasteiger partial charge in [-0.3, -0.25) is 0 Å². The molecule has 2 aromatic carbocycles. The molecule has 3 rings (SSSR count). The molecule has 22 heavy (non-hydrogen) atoms. The van der Waals surface area contributed by atoms with Crippen LogP contribution in [0.1, 0.15) is 5.56 Å². The van der Waals surface area contributed by atoms with Crippen LogP contribution in [0.15, 0.2) is 57.2 Å². The molecule has 0 N–H and O–H groups in total. The van der Waals surface area contributed by atoms with E-state index < -0.39 is 26.4 Å². The number of sulfone groups is 1. The monoisotopic (exact) mass is 323 g/mol. The largest absolute Gasteiger partial charge is 0.475 e. The van der Waals surface area contributed by atoms with Crippen molar-refractivity contribution in [1.82, 2.24) is 0 Å². The third-order valence-electron chi connectivity index (χ3n) is 3.14. The van der Waals surface area contributed by atoms with E-state index in [-0.39, 0.29) is 16.4 Å². The molecule has 0 aromatic heterocycles. The second-order valence-corrected chi connectivity index (χ2v) is 6.56. The number of aliphatic imine (C=N–C) groups is 1. The van der Waals surface area contributed by atoms with Crippen LogP contribution in [0.4, 0.5) is 8.78 Å². The maximum atomic E-state index is 13.3. The van der Waals surface area contributed by atoms with E-state index in [4.69, 9.17) is 4.74 Å². The van der Waals surface area contributed by atoms with Gasteiger partial charge in [-0.25, -0.2) is 22.2 Å². The molecule has 0 spiro atoms. The summed E-state index contributed by atoms with van der Waals surface area (Å²) in [4.78, 5) is 3.55. The van der Waals surface area contributed by atoms with E-state index in [1.54, 1.807) is 12.1 Å². The Morgan fingerprint density at radius 1 is 1.05 bits per heavy atom. The molecule has 1 aliphatic rings. The van der Waals surface area contributed by atoms with Gasteiger partial charge in [-0.1, -0.05) is 12.1 Å². The van der Waals surface area contributed by atoms with Gasteiger partial charge in [-0.2, -0.15) is 0 Å². The highest BCUT2D eigenvalue weighted by Crippen LogP contribution is 2.26. The highest BCUT2D eigenvalue weighted by Gasteiger charge is 2.26. The Kier molecular flexibility index (Phi) is 3.66. The topological polar surface area (TPSA) is 55.7 Å². The van der Waals surface area contributed by atoms with Crippen molar-refractivity contribution in [2.24, 2.45) is 4.99 Å². The highest BCUT2D eigenvalue weighted by atomic mass is 32.2. The number of benzene rings is 2. The van der Waals surface area contributed by atoms with Gasteiger partial charge in [0.2, 0.25) is 15.7 Å². The number of ether oxygens (including phenoxy) is 1. The van der Waals surface area contributed by atoms with Gasteiger partial charge in [0.25, 0.3) is 0 Å². The quantitative estimate of drug-likeness (QED) is 0.872. The molecule has 1 heterocycles. The van der Waals surface area contributed by atoms with Gasteiger partial charge < -0.3 is 4.74 Å². The number of rotatable bonds is 3. The summed E-state index contributed by atoms with van der Waals surface area (Å²) in [5.74, 6) is -1.69. The standard InChI is InChI=1S/C15H11F2NO3S/c16-10-7-11(17)9-12(8-10)22(19,20)14-4-2-1-3-13(14)15-18-5-6-21-15/h1-4,7-9H,5-6H2. The minimum atomic E-state index is -4.09. The van der Waals surface area contributed by atoms with Crippen molar-refractivity contribution in [1.29, 1.82) is 0 Å². The summed E-state index contributed by atoms with van der Waals surface area (Å²) in [6.45, 7) is 0.816. The first-order chi connectivity index (χ1) is 10.5. The number of hydrogen-bond acceptors (Lipinski definition) is 4. The first kappa shape index (κ1) is 14.6. The van der Waals surface area contributed by atoms with Crippen molar-refractivity contribution in [3.05, 3.63) is 59.7 Å². The zero-order chi connectivity index (χ0) is 15.7. The molecule has 0 saturated carbocycles. The minimum absolute atomic E-state index is 0.0966. The Morgan fingerprint density at radius 3 is 2.36 bits per heavy atom. The summed E-state index contributed by atoms with van der Waals surface area (Å²) in [5.41, 5.74) is 0.282. The maximum Gasteiger partial charge on any atom is 0.217 e. The van der Waals surface area contributed by atoms with Crippen molar-refractivity contribution in [3.63, 3.8) is 0 Å². The Hall–Kier alpha value is -2.28. The Bertz CT molecular complexity index is 843. The van der Waals surface area contributed by atoms with E-state index in [1.807, 2.05) is 0 Å². The molecule has 0 atom stereocenters. The van der Waals surface area contributed by atoms with Crippen LogP contribution in [0, 0.1) is 11.6 Å². The van der Waals surface area contributed by atoms with Crippen molar-refractivity contribution in [2.45, 2.75) is 9.79 Å². The van der Waals surface area contributed by atoms with Crippen LogP contribution in [-0.4, -0.2) is 27.5 Å². The molecule has 0 aliphatic carbocycles. The van der Waals surface area contributed by atoms with Crippen LogP contribution in [0.25, 0.3) is 0 Å². The lowest BCUT2D eigenvalue weighted by atomic mass is 10.2. The fourth-order valence-electron chi connectivity index (χ4n) is 2.19. The van der Waals surface area contributed by atoms with Crippen LogP contribution in [0.5, 0.6) is 0 Å². The fraction of sp³-hybridized carbons (Fsp3) is 0.133. The fourth-order valence-corrected chi connectivity index (χ4v) is 3.68. The van der Waals surface area contributed by atoms with Crippen molar-refractivity contribution < 1.29 is 21.9 Å². The molecule has 0 amide bonds. The summed E-state index contributed by atoms with van der Waals surface area (Å²) in [6.07, 6.45) is 0. The molecule has 0 fully saturated rings. The van der Waals surface area contributed by atoms with E-state index in [2.05, 4.69) is 4.99 Å². The molecular formula is C15H11F2NO3S. The average Bonchev–Trinajstić information content (AvgIpc) is 3.00.